The minimum Gasteiger partial charge on any atom is -0.353 e. The van der Waals surface area contributed by atoms with Crippen molar-refractivity contribution in [3.8, 4) is 0 Å². The van der Waals surface area contributed by atoms with Crippen molar-refractivity contribution in [1.82, 2.24) is 5.32 Å². The molecule has 4 heteroatoms. The van der Waals surface area contributed by atoms with E-state index in [1.54, 1.807) is 5.41 Å². The quantitative estimate of drug-likeness (QED) is 0.356. The van der Waals surface area contributed by atoms with Gasteiger partial charge >= 0.3 is 0 Å². The Bertz CT molecular complexity index is 466. The Hall–Kier alpha value is -1.29. The molecule has 1 unspecified atom stereocenters. The Morgan fingerprint density at radius 1 is 1.26 bits per heavy atom. The first-order valence-electron chi connectivity index (χ1n) is 8.63. The zero-order chi connectivity index (χ0) is 16.9. The predicted octanol–water partition coefficient (Wildman–Crippen LogP) is 4.76. The van der Waals surface area contributed by atoms with Crippen LogP contribution in [0.4, 0.5) is 0 Å². The van der Waals surface area contributed by atoms with Crippen molar-refractivity contribution >= 4 is 22.8 Å². The smallest absolute Gasteiger partial charge is 0.244 e. The van der Waals surface area contributed by atoms with Gasteiger partial charge in [0.15, 0.2) is 0 Å². The van der Waals surface area contributed by atoms with Gasteiger partial charge in [-0.2, -0.15) is 0 Å². The minimum atomic E-state index is -0.149. The molecule has 23 heavy (non-hydrogen) atoms. The molecule has 0 spiro atoms. The second kappa shape index (κ2) is 12.2. The molecule has 0 radical (unpaired) electrons. The Labute approximate surface area is 144 Å². The van der Waals surface area contributed by atoms with Gasteiger partial charge in [0.1, 0.15) is 0 Å². The molecule has 0 saturated heterocycles. The number of allylic oxidation sites excluding steroid dienone is 4. The largest absolute Gasteiger partial charge is 0.353 e. The summed E-state index contributed by atoms with van der Waals surface area (Å²) in [7, 11) is 0. The highest BCUT2D eigenvalue weighted by Crippen LogP contribution is 2.24. The average molecular weight is 336 g/mol. The van der Waals surface area contributed by atoms with Crippen molar-refractivity contribution in [2.24, 2.45) is 5.92 Å². The highest BCUT2D eigenvalue weighted by molar-refractivity contribution is 8.16. The van der Waals surface area contributed by atoms with E-state index in [0.717, 1.165) is 36.6 Å². The normalized spacial score (nSPS) is 17.3. The molecule has 1 aliphatic carbocycles. The molecule has 0 aliphatic heterocycles. The maximum Gasteiger partial charge on any atom is 0.244 e. The summed E-state index contributed by atoms with van der Waals surface area (Å²) in [6.45, 7) is 4.89. The van der Waals surface area contributed by atoms with E-state index >= 15 is 0 Å². The molecule has 0 saturated carbocycles. The molecular formula is C19H29NO2S. The Morgan fingerprint density at radius 2 is 2.00 bits per heavy atom. The van der Waals surface area contributed by atoms with Gasteiger partial charge in [0.05, 0.1) is 5.92 Å². The lowest BCUT2D eigenvalue weighted by atomic mass is 9.96. The van der Waals surface area contributed by atoms with Crippen molar-refractivity contribution < 1.29 is 9.59 Å². The molecule has 3 nitrogen and oxygen atoms in total. The standard InChI is InChI=1S/C19H29NO2S/c1-3-4-5-6-7-10-14-20-18(21)13-15-23-19(22)17-12-9-8-11-16(17)2/h9,11-13,15,17H,3-8,10,14H2,1-2H3,(H,20,21)/b15-13-. The number of unbranched alkanes of at least 4 members (excludes halogenated alkanes) is 5. The average Bonchev–Trinajstić information content (AvgIpc) is 2.54. The Kier molecular flexibility index (Phi) is 10.5. The number of thioether (sulfide) groups is 1. The van der Waals surface area contributed by atoms with Crippen LogP contribution in [0.2, 0.25) is 0 Å². The molecule has 1 atom stereocenters. The molecule has 128 valence electrons. The summed E-state index contributed by atoms with van der Waals surface area (Å²) in [4.78, 5) is 23.7. The van der Waals surface area contributed by atoms with Gasteiger partial charge in [0.2, 0.25) is 11.0 Å². The minimum absolute atomic E-state index is 0.0645. The summed E-state index contributed by atoms with van der Waals surface area (Å²) in [5.41, 5.74) is 1.09. The molecule has 1 aliphatic rings. The zero-order valence-electron chi connectivity index (χ0n) is 14.3. The van der Waals surface area contributed by atoms with Crippen molar-refractivity contribution in [1.29, 1.82) is 0 Å². The third-order valence-corrected chi connectivity index (χ3v) is 4.64. The fourth-order valence-electron chi connectivity index (χ4n) is 2.42. The molecule has 0 heterocycles. The molecule has 0 aromatic carbocycles. The lowest BCUT2D eigenvalue weighted by Gasteiger charge is -2.13. The van der Waals surface area contributed by atoms with Gasteiger partial charge in [0, 0.05) is 12.6 Å². The topological polar surface area (TPSA) is 46.2 Å². The molecule has 0 fully saturated rings. The predicted molar refractivity (Wildman–Crippen MR) is 99.1 cm³/mol. The number of carbonyl (C=O) groups is 2. The first-order chi connectivity index (χ1) is 11.1. The van der Waals surface area contributed by atoms with Gasteiger partial charge in [-0.05, 0) is 25.2 Å². The second-order valence-corrected chi connectivity index (χ2v) is 6.80. The molecule has 1 rings (SSSR count). The van der Waals surface area contributed by atoms with Gasteiger partial charge in [-0.15, -0.1) is 0 Å². The summed E-state index contributed by atoms with van der Waals surface area (Å²) in [5.74, 6) is -0.269. The Balaban J connectivity index is 2.13. The van der Waals surface area contributed by atoms with Crippen LogP contribution in [0.1, 0.15) is 58.8 Å². The van der Waals surface area contributed by atoms with Crippen LogP contribution in [0.5, 0.6) is 0 Å². The molecule has 1 N–H and O–H groups in total. The van der Waals surface area contributed by atoms with Crippen LogP contribution in [0.25, 0.3) is 0 Å². The first-order valence-corrected chi connectivity index (χ1v) is 9.51. The van der Waals surface area contributed by atoms with Gasteiger partial charge in [0.25, 0.3) is 0 Å². The van der Waals surface area contributed by atoms with E-state index in [0.29, 0.717) is 6.54 Å². The molecule has 0 aromatic rings. The summed E-state index contributed by atoms with van der Waals surface area (Å²) < 4.78 is 0. The number of carbonyl (C=O) groups excluding carboxylic acids is 2. The SMILES string of the molecule is CCCCCCCCNC(=O)/C=C\SC(=O)C1C=CCC=C1C. The van der Waals surface area contributed by atoms with E-state index in [2.05, 4.69) is 18.3 Å². The number of hydrogen-bond acceptors (Lipinski definition) is 3. The fraction of sp³-hybridized carbons (Fsp3) is 0.579. The van der Waals surface area contributed by atoms with E-state index in [1.807, 2.05) is 19.1 Å². The molecule has 0 aromatic heterocycles. The third-order valence-electron chi connectivity index (χ3n) is 3.88. The van der Waals surface area contributed by atoms with Gasteiger partial charge in [-0.25, -0.2) is 0 Å². The van der Waals surface area contributed by atoms with Crippen LogP contribution in [0.15, 0.2) is 35.3 Å². The monoisotopic (exact) mass is 335 g/mol. The van der Waals surface area contributed by atoms with Crippen LogP contribution in [0, 0.1) is 5.92 Å². The summed E-state index contributed by atoms with van der Waals surface area (Å²) >= 11 is 1.10. The van der Waals surface area contributed by atoms with Crippen molar-refractivity contribution in [3.63, 3.8) is 0 Å². The maximum absolute atomic E-state index is 12.1. The van der Waals surface area contributed by atoms with Gasteiger partial charge in [-0.3, -0.25) is 9.59 Å². The van der Waals surface area contributed by atoms with E-state index in [4.69, 9.17) is 0 Å². The van der Waals surface area contributed by atoms with Crippen molar-refractivity contribution in [2.75, 3.05) is 6.54 Å². The van der Waals surface area contributed by atoms with Crippen LogP contribution in [0.3, 0.4) is 0 Å². The van der Waals surface area contributed by atoms with E-state index in [-0.39, 0.29) is 16.9 Å². The van der Waals surface area contributed by atoms with E-state index < -0.39 is 0 Å². The van der Waals surface area contributed by atoms with E-state index in [1.165, 1.54) is 31.8 Å². The highest BCUT2D eigenvalue weighted by Gasteiger charge is 2.18. The Morgan fingerprint density at radius 3 is 2.74 bits per heavy atom. The highest BCUT2D eigenvalue weighted by atomic mass is 32.2. The van der Waals surface area contributed by atoms with Gasteiger partial charge in [-0.1, -0.05) is 74.6 Å². The van der Waals surface area contributed by atoms with Crippen LogP contribution in [-0.2, 0) is 9.59 Å². The van der Waals surface area contributed by atoms with Crippen molar-refractivity contribution in [3.05, 3.63) is 35.3 Å². The first kappa shape index (κ1) is 19.8. The third kappa shape index (κ3) is 8.80. The number of hydrogen-bond donors (Lipinski definition) is 1. The van der Waals surface area contributed by atoms with Crippen LogP contribution < -0.4 is 5.32 Å². The van der Waals surface area contributed by atoms with Crippen LogP contribution in [-0.4, -0.2) is 17.6 Å². The molecule has 1 amide bonds. The second-order valence-electron chi connectivity index (χ2n) is 5.89. The molecule has 0 bridgehead atoms. The summed E-state index contributed by atoms with van der Waals surface area (Å²) in [5, 5.41) is 4.52. The lowest BCUT2D eigenvalue weighted by molar-refractivity contribution is -0.116. The van der Waals surface area contributed by atoms with Crippen LogP contribution >= 0.6 is 11.8 Å². The zero-order valence-corrected chi connectivity index (χ0v) is 15.2. The fourth-order valence-corrected chi connectivity index (χ4v) is 3.16. The molecular weight excluding hydrogens is 306 g/mol. The summed E-state index contributed by atoms with van der Waals surface area (Å²) in [6.07, 6.45) is 15.6. The van der Waals surface area contributed by atoms with E-state index in [9.17, 15) is 9.59 Å². The number of rotatable bonds is 10. The van der Waals surface area contributed by atoms with Crippen molar-refractivity contribution in [2.45, 2.75) is 58.8 Å². The summed E-state index contributed by atoms with van der Waals surface area (Å²) in [6, 6.07) is 0. The number of amides is 1. The van der Waals surface area contributed by atoms with Gasteiger partial charge < -0.3 is 5.32 Å². The number of nitrogens with one attached hydrogen (secondary N) is 1. The maximum atomic E-state index is 12.1. The lowest BCUT2D eigenvalue weighted by Crippen LogP contribution is -2.22.